The van der Waals surface area contributed by atoms with Crippen LogP contribution in [-0.2, 0) is 15.8 Å². The molecule has 0 heterocycles. The number of methoxy groups -OCH3 is 1. The van der Waals surface area contributed by atoms with Crippen LogP contribution < -0.4 is 4.74 Å². The zero-order valence-corrected chi connectivity index (χ0v) is 9.67. The Morgan fingerprint density at radius 3 is 2.44 bits per heavy atom. The van der Waals surface area contributed by atoms with E-state index in [9.17, 15) is 22.2 Å². The number of ether oxygens (including phenoxy) is 2. The molecule has 9 heteroatoms. The second-order valence-corrected chi connectivity index (χ2v) is 3.89. The predicted octanol–water partition coefficient (Wildman–Crippen LogP) is 1.95. The SMILES string of the molecule is COC(=O)c1ccc(OC(F)(F)F)c(S(=O)O)c1. The second-order valence-electron chi connectivity index (χ2n) is 2.95. The van der Waals surface area contributed by atoms with Crippen molar-refractivity contribution in [1.29, 1.82) is 0 Å². The van der Waals surface area contributed by atoms with Gasteiger partial charge in [-0.2, -0.15) is 0 Å². The van der Waals surface area contributed by atoms with Gasteiger partial charge in [0.15, 0.2) is 11.1 Å². The van der Waals surface area contributed by atoms with E-state index in [4.69, 9.17) is 4.55 Å². The summed E-state index contributed by atoms with van der Waals surface area (Å²) in [5.41, 5.74) is -0.163. The lowest BCUT2D eigenvalue weighted by Gasteiger charge is -2.12. The van der Waals surface area contributed by atoms with Crippen molar-refractivity contribution < 1.29 is 36.2 Å². The van der Waals surface area contributed by atoms with E-state index < -0.39 is 34.1 Å². The zero-order valence-electron chi connectivity index (χ0n) is 8.85. The summed E-state index contributed by atoms with van der Waals surface area (Å²) in [6.45, 7) is 0. The highest BCUT2D eigenvalue weighted by Crippen LogP contribution is 2.29. The van der Waals surface area contributed by atoms with Gasteiger partial charge in [0.2, 0.25) is 0 Å². The first kappa shape index (κ1) is 14.5. The molecular weight excluding hydrogens is 277 g/mol. The van der Waals surface area contributed by atoms with Gasteiger partial charge in [-0.3, -0.25) is 0 Å². The third-order valence-electron chi connectivity index (χ3n) is 1.78. The van der Waals surface area contributed by atoms with Gasteiger partial charge in [-0.15, -0.1) is 13.2 Å². The Bertz CT molecular complexity index is 486. The van der Waals surface area contributed by atoms with Crippen LogP contribution in [0.4, 0.5) is 13.2 Å². The Hall–Kier alpha value is -1.61. The smallest absolute Gasteiger partial charge is 0.465 e. The fourth-order valence-corrected chi connectivity index (χ4v) is 1.61. The highest BCUT2D eigenvalue weighted by molar-refractivity contribution is 7.79. The van der Waals surface area contributed by atoms with E-state index in [1.54, 1.807) is 0 Å². The van der Waals surface area contributed by atoms with Crippen molar-refractivity contribution in [2.24, 2.45) is 0 Å². The minimum Gasteiger partial charge on any atom is -0.465 e. The Balaban J connectivity index is 3.21. The summed E-state index contributed by atoms with van der Waals surface area (Å²) in [7, 11) is 1.07. The fourth-order valence-electron chi connectivity index (χ4n) is 1.10. The van der Waals surface area contributed by atoms with E-state index >= 15 is 0 Å². The third-order valence-corrected chi connectivity index (χ3v) is 2.47. The van der Waals surface area contributed by atoms with Crippen LogP contribution in [0.1, 0.15) is 10.4 Å². The standard InChI is InChI=1S/C9H7F3O5S/c1-16-8(13)5-2-3-6(17-9(10,11)12)7(4-5)18(14)15/h2-4H,1H3,(H,14,15). The molecule has 0 aliphatic carbocycles. The van der Waals surface area contributed by atoms with Crippen LogP contribution in [-0.4, -0.2) is 28.2 Å². The van der Waals surface area contributed by atoms with E-state index in [2.05, 4.69) is 9.47 Å². The molecule has 0 spiro atoms. The third kappa shape index (κ3) is 3.70. The van der Waals surface area contributed by atoms with Gasteiger partial charge in [-0.05, 0) is 18.2 Å². The van der Waals surface area contributed by atoms with Gasteiger partial charge >= 0.3 is 12.3 Å². The maximum absolute atomic E-state index is 12.0. The Morgan fingerprint density at radius 2 is 2.00 bits per heavy atom. The lowest BCUT2D eigenvalue weighted by atomic mass is 10.2. The van der Waals surface area contributed by atoms with Crippen LogP contribution in [0.3, 0.4) is 0 Å². The molecule has 0 saturated carbocycles. The number of hydrogen-bond acceptors (Lipinski definition) is 4. The predicted molar refractivity (Wildman–Crippen MR) is 53.5 cm³/mol. The number of carbonyl (C=O) groups excluding carboxylic acids is 1. The van der Waals surface area contributed by atoms with Crippen LogP contribution >= 0.6 is 0 Å². The van der Waals surface area contributed by atoms with Crippen molar-refractivity contribution >= 4 is 17.0 Å². The molecule has 1 atom stereocenters. The Labute approximate surface area is 102 Å². The topological polar surface area (TPSA) is 72.8 Å². The van der Waals surface area contributed by atoms with E-state index in [-0.39, 0.29) is 5.56 Å². The molecule has 0 aliphatic rings. The van der Waals surface area contributed by atoms with Crippen LogP contribution in [0.15, 0.2) is 23.1 Å². The van der Waals surface area contributed by atoms with Crippen LogP contribution in [0.2, 0.25) is 0 Å². The monoisotopic (exact) mass is 284 g/mol. The molecule has 1 aromatic rings. The number of rotatable bonds is 3. The van der Waals surface area contributed by atoms with Gasteiger partial charge in [0.1, 0.15) is 10.6 Å². The minimum absolute atomic E-state index is 0.163. The highest BCUT2D eigenvalue weighted by atomic mass is 32.2. The van der Waals surface area contributed by atoms with Crippen LogP contribution in [0, 0.1) is 0 Å². The highest BCUT2D eigenvalue weighted by Gasteiger charge is 2.33. The average Bonchev–Trinajstić information content (AvgIpc) is 2.26. The van der Waals surface area contributed by atoms with Gasteiger partial charge < -0.3 is 14.0 Å². The molecule has 100 valence electrons. The van der Waals surface area contributed by atoms with E-state index in [0.29, 0.717) is 0 Å². The number of halogens is 3. The summed E-state index contributed by atoms with van der Waals surface area (Å²) in [6, 6.07) is 2.55. The average molecular weight is 284 g/mol. The van der Waals surface area contributed by atoms with Crippen molar-refractivity contribution in [2.45, 2.75) is 11.3 Å². The maximum atomic E-state index is 12.0. The molecule has 1 aromatic carbocycles. The molecule has 0 aromatic heterocycles. The molecule has 0 fully saturated rings. The normalized spacial score (nSPS) is 12.9. The van der Waals surface area contributed by atoms with Crippen LogP contribution in [0.25, 0.3) is 0 Å². The Morgan fingerprint density at radius 1 is 1.39 bits per heavy atom. The summed E-state index contributed by atoms with van der Waals surface area (Å²) in [4.78, 5) is 10.4. The molecule has 0 saturated heterocycles. The zero-order chi connectivity index (χ0) is 13.9. The largest absolute Gasteiger partial charge is 0.573 e. The lowest BCUT2D eigenvalue weighted by Crippen LogP contribution is -2.18. The Kier molecular flexibility index (Phi) is 4.30. The number of hydrogen-bond donors (Lipinski definition) is 1. The molecule has 1 N–H and O–H groups in total. The van der Waals surface area contributed by atoms with E-state index in [1.165, 1.54) is 0 Å². The number of esters is 1. The second kappa shape index (κ2) is 5.36. The quantitative estimate of drug-likeness (QED) is 0.678. The molecule has 0 amide bonds. The summed E-state index contributed by atoms with van der Waals surface area (Å²) >= 11 is -2.74. The van der Waals surface area contributed by atoms with Crippen LogP contribution in [0.5, 0.6) is 5.75 Å². The number of alkyl halides is 3. The molecule has 5 nitrogen and oxygen atoms in total. The molecule has 1 unspecified atom stereocenters. The van der Waals surface area contributed by atoms with Crippen molar-refractivity contribution in [3.8, 4) is 5.75 Å². The molecular formula is C9H7F3O5S. The van der Waals surface area contributed by atoms with Gasteiger partial charge in [0.25, 0.3) is 0 Å². The van der Waals surface area contributed by atoms with Crippen molar-refractivity contribution in [1.82, 2.24) is 0 Å². The molecule has 0 bridgehead atoms. The van der Waals surface area contributed by atoms with Gasteiger partial charge in [0, 0.05) is 0 Å². The fraction of sp³-hybridized carbons (Fsp3) is 0.222. The number of carbonyl (C=O) groups is 1. The molecule has 18 heavy (non-hydrogen) atoms. The molecule has 0 radical (unpaired) electrons. The lowest BCUT2D eigenvalue weighted by molar-refractivity contribution is -0.275. The maximum Gasteiger partial charge on any atom is 0.573 e. The van der Waals surface area contributed by atoms with Crippen molar-refractivity contribution in [3.05, 3.63) is 23.8 Å². The first-order valence-electron chi connectivity index (χ1n) is 4.33. The minimum atomic E-state index is -5.00. The first-order chi connectivity index (χ1) is 8.24. The van der Waals surface area contributed by atoms with Gasteiger partial charge in [-0.1, -0.05) is 0 Å². The van der Waals surface area contributed by atoms with E-state index in [1.807, 2.05) is 0 Å². The molecule has 1 rings (SSSR count). The summed E-state index contributed by atoms with van der Waals surface area (Å²) in [6.07, 6.45) is -5.00. The van der Waals surface area contributed by atoms with Crippen molar-refractivity contribution in [2.75, 3.05) is 7.11 Å². The summed E-state index contributed by atoms with van der Waals surface area (Å²) in [5.74, 6) is -1.70. The summed E-state index contributed by atoms with van der Waals surface area (Å²) < 4.78 is 63.7. The van der Waals surface area contributed by atoms with E-state index in [0.717, 1.165) is 25.3 Å². The van der Waals surface area contributed by atoms with Gasteiger partial charge in [-0.25, -0.2) is 9.00 Å². The summed E-state index contributed by atoms with van der Waals surface area (Å²) in [5, 5.41) is 0. The van der Waals surface area contributed by atoms with Crippen molar-refractivity contribution in [3.63, 3.8) is 0 Å². The number of benzene rings is 1. The molecule has 0 aliphatic heterocycles. The first-order valence-corrected chi connectivity index (χ1v) is 5.44. The van der Waals surface area contributed by atoms with Gasteiger partial charge in [0.05, 0.1) is 12.7 Å².